The van der Waals surface area contributed by atoms with Crippen LogP contribution < -0.4 is 9.80 Å². The number of likely N-dealkylation sites (tertiary alicyclic amines) is 1. The summed E-state index contributed by atoms with van der Waals surface area (Å²) in [5, 5.41) is 10.7. The Morgan fingerprint density at radius 1 is 1.04 bits per heavy atom. The number of hydrogen-bond acceptors (Lipinski definition) is 6. The van der Waals surface area contributed by atoms with Gasteiger partial charge < -0.3 is 24.7 Å². The largest absolute Gasteiger partial charge is 0.394 e. The Morgan fingerprint density at radius 2 is 1.67 bits per heavy atom. The lowest BCUT2D eigenvalue weighted by Gasteiger charge is -2.40. The molecule has 2 unspecified atom stereocenters. The fourth-order valence-corrected chi connectivity index (χ4v) is 10.5. The molecule has 4 rings (SSSR count). The van der Waals surface area contributed by atoms with Crippen LogP contribution in [0.3, 0.4) is 0 Å². The molecule has 248 valence electrons. The summed E-state index contributed by atoms with van der Waals surface area (Å²) < 4.78 is -1.23. The Bertz CT molecular complexity index is 1250. The van der Waals surface area contributed by atoms with E-state index in [4.69, 9.17) is 0 Å². The predicted molar refractivity (Wildman–Crippen MR) is 186 cm³/mol. The first-order valence-corrected chi connectivity index (χ1v) is 17.6. The first kappa shape index (κ1) is 35.1. The van der Waals surface area contributed by atoms with E-state index in [1.54, 1.807) is 33.7 Å². The van der Waals surface area contributed by atoms with Gasteiger partial charge in [-0.2, -0.15) is 0 Å². The molecular formula is C36H54N4O4S. The zero-order valence-corrected chi connectivity index (χ0v) is 29.0. The summed E-state index contributed by atoms with van der Waals surface area (Å²) in [5.41, 5.74) is 1.82. The highest BCUT2D eigenvalue weighted by Gasteiger charge is 2.78. The van der Waals surface area contributed by atoms with Crippen molar-refractivity contribution in [3.05, 3.63) is 49.6 Å². The molecule has 8 nitrogen and oxygen atoms in total. The second kappa shape index (κ2) is 14.3. The lowest BCUT2D eigenvalue weighted by Crippen LogP contribution is -2.58. The van der Waals surface area contributed by atoms with Crippen LogP contribution in [0.2, 0.25) is 0 Å². The minimum atomic E-state index is -0.808. The third-order valence-electron chi connectivity index (χ3n) is 10.1. The summed E-state index contributed by atoms with van der Waals surface area (Å²) in [6.07, 6.45) is 6.24. The molecule has 3 fully saturated rings. The molecule has 3 saturated heterocycles. The van der Waals surface area contributed by atoms with E-state index >= 15 is 4.79 Å². The smallest absolute Gasteiger partial charge is 0.251 e. The van der Waals surface area contributed by atoms with Gasteiger partial charge >= 0.3 is 0 Å². The van der Waals surface area contributed by atoms with Crippen molar-refractivity contribution in [1.29, 1.82) is 0 Å². The van der Waals surface area contributed by atoms with Crippen LogP contribution in [-0.4, -0.2) is 93.5 Å². The Kier molecular flexibility index (Phi) is 11.2. The van der Waals surface area contributed by atoms with E-state index in [-0.39, 0.29) is 36.8 Å². The third-order valence-corrected chi connectivity index (χ3v) is 12.1. The molecule has 0 aliphatic carbocycles. The zero-order valence-electron chi connectivity index (χ0n) is 28.2. The van der Waals surface area contributed by atoms with E-state index < -0.39 is 33.4 Å². The van der Waals surface area contributed by atoms with E-state index in [2.05, 4.69) is 52.7 Å². The van der Waals surface area contributed by atoms with Gasteiger partial charge in [-0.25, -0.2) is 0 Å². The Hall–Kier alpha value is -2.78. The van der Waals surface area contributed by atoms with Gasteiger partial charge in [0.05, 0.1) is 29.2 Å². The fourth-order valence-electron chi connectivity index (χ4n) is 8.18. The van der Waals surface area contributed by atoms with E-state index in [0.29, 0.717) is 25.9 Å². The van der Waals surface area contributed by atoms with Crippen LogP contribution in [0.15, 0.2) is 49.6 Å². The average Bonchev–Trinajstić information content (AvgIpc) is 3.59. The third kappa shape index (κ3) is 6.19. The molecule has 0 radical (unpaired) electrons. The van der Waals surface area contributed by atoms with Crippen molar-refractivity contribution >= 4 is 40.9 Å². The van der Waals surface area contributed by atoms with Gasteiger partial charge in [0.15, 0.2) is 0 Å². The molecule has 1 aromatic carbocycles. The maximum Gasteiger partial charge on any atom is 0.251 e. The van der Waals surface area contributed by atoms with Gasteiger partial charge in [-0.15, -0.1) is 24.9 Å². The van der Waals surface area contributed by atoms with Gasteiger partial charge in [0.2, 0.25) is 11.8 Å². The highest BCUT2D eigenvalue weighted by atomic mass is 32.2. The Balaban J connectivity index is 1.83. The average molecular weight is 639 g/mol. The predicted octanol–water partition coefficient (Wildman–Crippen LogP) is 5.36. The lowest BCUT2D eigenvalue weighted by molar-refractivity contribution is -0.146. The number of thioether (sulfide) groups is 1. The number of aliphatic hydroxyl groups is 1. The normalized spacial score (nSPS) is 27.4. The van der Waals surface area contributed by atoms with Gasteiger partial charge in [-0.1, -0.05) is 32.9 Å². The summed E-state index contributed by atoms with van der Waals surface area (Å²) in [7, 11) is 0. The number of fused-ring (bicyclic) bond motifs is 1. The van der Waals surface area contributed by atoms with Crippen molar-refractivity contribution in [2.45, 2.75) is 88.8 Å². The second-order valence-electron chi connectivity index (χ2n) is 13.4. The van der Waals surface area contributed by atoms with Crippen LogP contribution >= 0.6 is 11.8 Å². The highest BCUT2D eigenvalue weighted by molar-refractivity contribution is 8.02. The standard InChI is InChI=1S/C36H54N4O4S/c1-9-20-38(21-10-2)32(42)29-30-33(43)40(28(24-41)23-25(6)7)31(36(30)19-18-35(29,8)45-36)34(44)39(22-11-3)27-16-14-26(15-17-27)37(12-4)13-5/h9,11,14-17,25,28-31,41H,1,3,10,12-13,18-24H2,2,4-8H3/t28-,29-,30+,31?,35+,36?/m1/s1. The molecule has 1 N–H and O–H groups in total. The minimum Gasteiger partial charge on any atom is -0.394 e. The van der Waals surface area contributed by atoms with Gasteiger partial charge in [0.1, 0.15) is 6.04 Å². The summed E-state index contributed by atoms with van der Waals surface area (Å²) in [5.74, 6) is -1.36. The SMILES string of the molecule is C=CCN(CCC)C(=O)[C@H]1[C@H]2C(=O)N([C@@H](CO)CC(C)C)C(C(=O)N(CC=C)c3ccc(N(CC)CC)cc3)C23CC[C@]1(C)S3. The molecule has 0 saturated carbocycles. The number of carbonyl (C=O) groups is 3. The molecule has 3 heterocycles. The Labute approximate surface area is 274 Å². The van der Waals surface area contributed by atoms with Gasteiger partial charge in [-0.05, 0) is 76.6 Å². The van der Waals surface area contributed by atoms with Crippen LogP contribution in [-0.2, 0) is 14.4 Å². The number of amides is 3. The molecular weight excluding hydrogens is 584 g/mol. The van der Waals surface area contributed by atoms with Gasteiger partial charge in [0, 0.05) is 48.8 Å². The first-order chi connectivity index (χ1) is 21.5. The van der Waals surface area contributed by atoms with E-state index in [1.165, 1.54) is 0 Å². The van der Waals surface area contributed by atoms with Crippen LogP contribution in [0, 0.1) is 17.8 Å². The topological polar surface area (TPSA) is 84.4 Å². The molecule has 45 heavy (non-hydrogen) atoms. The summed E-state index contributed by atoms with van der Waals surface area (Å²) in [4.78, 5) is 51.7. The number of nitrogens with zero attached hydrogens (tertiary/aromatic N) is 4. The van der Waals surface area contributed by atoms with Crippen molar-refractivity contribution in [3.8, 4) is 0 Å². The van der Waals surface area contributed by atoms with Crippen molar-refractivity contribution in [2.75, 3.05) is 49.1 Å². The molecule has 1 spiro atoms. The molecule has 6 atom stereocenters. The van der Waals surface area contributed by atoms with Crippen molar-refractivity contribution in [3.63, 3.8) is 0 Å². The van der Waals surface area contributed by atoms with Gasteiger partial charge in [0.25, 0.3) is 5.91 Å². The maximum atomic E-state index is 15.0. The number of hydrogen-bond donors (Lipinski definition) is 1. The number of rotatable bonds is 16. The maximum absolute atomic E-state index is 15.0. The molecule has 9 heteroatoms. The van der Waals surface area contributed by atoms with E-state index in [9.17, 15) is 14.7 Å². The zero-order chi connectivity index (χ0) is 33.1. The molecule has 3 aliphatic heterocycles. The number of aliphatic hydroxyl groups excluding tert-OH is 1. The second-order valence-corrected chi connectivity index (χ2v) is 15.3. The van der Waals surface area contributed by atoms with Crippen LogP contribution in [0.1, 0.15) is 67.2 Å². The van der Waals surface area contributed by atoms with E-state index in [1.807, 2.05) is 36.1 Å². The van der Waals surface area contributed by atoms with Crippen LogP contribution in [0.5, 0.6) is 0 Å². The first-order valence-electron chi connectivity index (χ1n) is 16.8. The minimum absolute atomic E-state index is 0.0286. The lowest BCUT2D eigenvalue weighted by atomic mass is 9.66. The fraction of sp³-hybridized carbons (Fsp3) is 0.639. The summed E-state index contributed by atoms with van der Waals surface area (Å²) in [6, 6.07) is 6.67. The van der Waals surface area contributed by atoms with Crippen LogP contribution in [0.25, 0.3) is 0 Å². The van der Waals surface area contributed by atoms with Crippen LogP contribution in [0.4, 0.5) is 11.4 Å². The van der Waals surface area contributed by atoms with Crippen molar-refractivity contribution in [2.24, 2.45) is 17.8 Å². The summed E-state index contributed by atoms with van der Waals surface area (Å²) in [6.45, 7) is 23.2. The quantitative estimate of drug-likeness (QED) is 0.246. The van der Waals surface area contributed by atoms with E-state index in [0.717, 1.165) is 37.3 Å². The molecule has 0 aromatic heterocycles. The van der Waals surface area contributed by atoms with Crippen molar-refractivity contribution in [1.82, 2.24) is 9.80 Å². The summed E-state index contributed by atoms with van der Waals surface area (Å²) >= 11 is 1.68. The molecule has 1 aromatic rings. The monoisotopic (exact) mass is 638 g/mol. The molecule has 2 bridgehead atoms. The highest BCUT2D eigenvalue weighted by Crippen LogP contribution is 2.72. The number of benzene rings is 1. The number of anilines is 2. The van der Waals surface area contributed by atoms with Gasteiger partial charge in [-0.3, -0.25) is 14.4 Å². The molecule has 3 aliphatic rings. The van der Waals surface area contributed by atoms with Crippen molar-refractivity contribution < 1.29 is 19.5 Å². The number of carbonyl (C=O) groups excluding carboxylic acids is 3. The molecule has 3 amide bonds. The Morgan fingerprint density at radius 3 is 2.20 bits per heavy atom.